The number of hydrogen-bond donors (Lipinski definition) is 0. The van der Waals surface area contributed by atoms with Crippen molar-refractivity contribution in [3.05, 3.63) is 65.7 Å². The predicted octanol–water partition coefficient (Wildman–Crippen LogP) is 3.53. The van der Waals surface area contributed by atoms with Crippen LogP contribution in [0.3, 0.4) is 0 Å². The molecule has 0 aliphatic carbocycles. The van der Waals surface area contributed by atoms with Crippen LogP contribution in [0.5, 0.6) is 5.75 Å². The van der Waals surface area contributed by atoms with Crippen molar-refractivity contribution in [2.75, 3.05) is 19.8 Å². The number of carbonyl (C=O) groups excluding carboxylic acids is 1. The molecule has 2 aromatic rings. The van der Waals surface area contributed by atoms with Gasteiger partial charge in [0.05, 0.1) is 18.8 Å². The third-order valence-corrected chi connectivity index (χ3v) is 3.10. The monoisotopic (exact) mass is 284 g/mol. The van der Waals surface area contributed by atoms with Crippen LogP contribution in [0.15, 0.2) is 54.6 Å². The number of rotatable bonds is 8. The van der Waals surface area contributed by atoms with E-state index >= 15 is 0 Å². The molecule has 0 atom stereocenters. The Morgan fingerprint density at radius 1 is 1.00 bits per heavy atom. The van der Waals surface area contributed by atoms with Gasteiger partial charge in [-0.3, -0.25) is 4.79 Å². The first-order valence-electron chi connectivity index (χ1n) is 7.18. The first-order chi connectivity index (χ1) is 10.3. The van der Waals surface area contributed by atoms with Crippen LogP contribution in [-0.4, -0.2) is 25.6 Å². The fourth-order valence-corrected chi connectivity index (χ4v) is 2.06. The van der Waals surface area contributed by atoms with E-state index in [9.17, 15) is 4.79 Å². The SMILES string of the molecule is CCOc1ccccc1C(=O)COCCc1ccccc1. The molecule has 0 bridgehead atoms. The molecule has 0 saturated carbocycles. The van der Waals surface area contributed by atoms with Gasteiger partial charge in [0.2, 0.25) is 0 Å². The minimum atomic E-state index is -0.0490. The maximum atomic E-state index is 12.1. The maximum Gasteiger partial charge on any atom is 0.192 e. The summed E-state index contributed by atoms with van der Waals surface area (Å²) in [5, 5.41) is 0. The van der Waals surface area contributed by atoms with Gasteiger partial charge in [0.25, 0.3) is 0 Å². The number of ether oxygens (including phenoxy) is 2. The second-order valence-corrected chi connectivity index (χ2v) is 4.64. The van der Waals surface area contributed by atoms with Crippen LogP contribution in [-0.2, 0) is 11.2 Å². The van der Waals surface area contributed by atoms with Crippen LogP contribution in [0.25, 0.3) is 0 Å². The molecular weight excluding hydrogens is 264 g/mol. The summed E-state index contributed by atoms with van der Waals surface area (Å²) in [5.41, 5.74) is 1.79. The van der Waals surface area contributed by atoms with Gasteiger partial charge in [0.1, 0.15) is 12.4 Å². The molecule has 2 aromatic carbocycles. The average Bonchev–Trinajstić information content (AvgIpc) is 2.53. The molecule has 0 aromatic heterocycles. The van der Waals surface area contributed by atoms with Gasteiger partial charge in [0, 0.05) is 0 Å². The molecule has 0 aliphatic heterocycles. The van der Waals surface area contributed by atoms with Crippen molar-refractivity contribution in [1.82, 2.24) is 0 Å². The lowest BCUT2D eigenvalue weighted by Crippen LogP contribution is -2.12. The van der Waals surface area contributed by atoms with E-state index in [2.05, 4.69) is 12.1 Å². The quantitative estimate of drug-likeness (QED) is 0.549. The van der Waals surface area contributed by atoms with E-state index in [0.717, 1.165) is 6.42 Å². The van der Waals surface area contributed by atoms with E-state index in [1.807, 2.05) is 37.3 Å². The summed E-state index contributed by atoms with van der Waals surface area (Å²) >= 11 is 0. The Labute approximate surface area is 125 Å². The molecule has 110 valence electrons. The molecule has 0 radical (unpaired) electrons. The van der Waals surface area contributed by atoms with E-state index < -0.39 is 0 Å². The van der Waals surface area contributed by atoms with Crippen molar-refractivity contribution in [2.24, 2.45) is 0 Å². The van der Waals surface area contributed by atoms with Crippen molar-refractivity contribution in [3.63, 3.8) is 0 Å². The standard InChI is InChI=1S/C18H20O3/c1-2-21-18-11-7-6-10-16(18)17(19)14-20-13-12-15-8-4-3-5-9-15/h3-11H,2,12-14H2,1H3. The first kappa shape index (κ1) is 15.3. The van der Waals surface area contributed by atoms with Crippen LogP contribution in [0, 0.1) is 0 Å². The zero-order valence-corrected chi connectivity index (χ0v) is 12.2. The highest BCUT2D eigenvalue weighted by Crippen LogP contribution is 2.18. The van der Waals surface area contributed by atoms with Crippen LogP contribution in [0.1, 0.15) is 22.8 Å². The number of carbonyl (C=O) groups is 1. The first-order valence-corrected chi connectivity index (χ1v) is 7.18. The summed E-state index contributed by atoms with van der Waals surface area (Å²) < 4.78 is 10.9. The second-order valence-electron chi connectivity index (χ2n) is 4.64. The molecule has 0 saturated heterocycles. The summed E-state index contributed by atoms with van der Waals surface area (Å²) in [7, 11) is 0. The summed E-state index contributed by atoms with van der Waals surface area (Å²) in [5.74, 6) is 0.573. The highest BCUT2D eigenvalue weighted by molar-refractivity contribution is 5.99. The normalized spacial score (nSPS) is 10.3. The molecule has 0 amide bonds. The Bertz CT molecular complexity index is 564. The summed E-state index contributed by atoms with van der Waals surface area (Å²) in [6.07, 6.45) is 0.807. The number of hydrogen-bond acceptors (Lipinski definition) is 3. The molecule has 0 aliphatic rings. The lowest BCUT2D eigenvalue weighted by Gasteiger charge is -2.09. The molecule has 0 spiro atoms. The van der Waals surface area contributed by atoms with Gasteiger partial charge in [-0.05, 0) is 31.0 Å². The lowest BCUT2D eigenvalue weighted by atomic mass is 10.1. The molecule has 21 heavy (non-hydrogen) atoms. The summed E-state index contributed by atoms with van der Waals surface area (Å²) in [6, 6.07) is 17.4. The topological polar surface area (TPSA) is 35.5 Å². The van der Waals surface area contributed by atoms with Gasteiger partial charge in [-0.25, -0.2) is 0 Å². The maximum absolute atomic E-state index is 12.1. The van der Waals surface area contributed by atoms with Gasteiger partial charge in [-0.2, -0.15) is 0 Å². The Morgan fingerprint density at radius 3 is 2.48 bits per heavy atom. The van der Waals surface area contributed by atoms with Gasteiger partial charge < -0.3 is 9.47 Å². The summed E-state index contributed by atoms with van der Waals surface area (Å²) in [4.78, 5) is 12.1. The van der Waals surface area contributed by atoms with E-state index in [-0.39, 0.29) is 12.4 Å². The Balaban J connectivity index is 1.82. The van der Waals surface area contributed by atoms with Gasteiger partial charge in [0.15, 0.2) is 5.78 Å². The molecule has 0 heterocycles. The zero-order valence-electron chi connectivity index (χ0n) is 12.2. The predicted molar refractivity (Wildman–Crippen MR) is 82.9 cm³/mol. The fraction of sp³-hybridized carbons (Fsp3) is 0.278. The van der Waals surface area contributed by atoms with Crippen molar-refractivity contribution in [2.45, 2.75) is 13.3 Å². The summed E-state index contributed by atoms with van der Waals surface area (Å²) in [6.45, 7) is 3.06. The van der Waals surface area contributed by atoms with Crippen molar-refractivity contribution < 1.29 is 14.3 Å². The molecule has 3 heteroatoms. The average molecular weight is 284 g/mol. The largest absolute Gasteiger partial charge is 0.493 e. The second kappa shape index (κ2) is 8.22. The number of Topliss-reactive ketones (excluding diaryl/α,β-unsaturated/α-hetero) is 1. The molecular formula is C18H20O3. The van der Waals surface area contributed by atoms with Crippen LogP contribution >= 0.6 is 0 Å². The number of benzene rings is 2. The molecule has 0 fully saturated rings. The smallest absolute Gasteiger partial charge is 0.192 e. The molecule has 3 nitrogen and oxygen atoms in total. The van der Waals surface area contributed by atoms with Crippen LogP contribution < -0.4 is 4.74 Å². The Hall–Kier alpha value is -2.13. The van der Waals surface area contributed by atoms with Gasteiger partial charge in [-0.1, -0.05) is 42.5 Å². The third-order valence-electron chi connectivity index (χ3n) is 3.10. The minimum absolute atomic E-state index is 0.0490. The van der Waals surface area contributed by atoms with Crippen molar-refractivity contribution in [1.29, 1.82) is 0 Å². The Kier molecular flexibility index (Phi) is 5.98. The highest BCUT2D eigenvalue weighted by Gasteiger charge is 2.11. The Morgan fingerprint density at radius 2 is 1.71 bits per heavy atom. The number of para-hydroxylation sites is 1. The van der Waals surface area contributed by atoms with Crippen LogP contribution in [0.4, 0.5) is 0 Å². The molecule has 0 N–H and O–H groups in total. The van der Waals surface area contributed by atoms with Crippen LogP contribution in [0.2, 0.25) is 0 Å². The van der Waals surface area contributed by atoms with Gasteiger partial charge in [-0.15, -0.1) is 0 Å². The lowest BCUT2D eigenvalue weighted by molar-refractivity contribution is 0.0762. The van der Waals surface area contributed by atoms with Crippen molar-refractivity contribution >= 4 is 5.78 Å². The zero-order chi connectivity index (χ0) is 14.9. The fourth-order valence-electron chi connectivity index (χ4n) is 2.06. The molecule has 2 rings (SSSR count). The number of ketones is 1. The van der Waals surface area contributed by atoms with E-state index in [1.165, 1.54) is 5.56 Å². The minimum Gasteiger partial charge on any atom is -0.493 e. The molecule has 0 unspecified atom stereocenters. The van der Waals surface area contributed by atoms with E-state index in [0.29, 0.717) is 24.5 Å². The van der Waals surface area contributed by atoms with Crippen molar-refractivity contribution in [3.8, 4) is 5.75 Å². The van der Waals surface area contributed by atoms with E-state index in [1.54, 1.807) is 12.1 Å². The highest BCUT2D eigenvalue weighted by atomic mass is 16.5. The van der Waals surface area contributed by atoms with Gasteiger partial charge >= 0.3 is 0 Å². The third kappa shape index (κ3) is 4.72. The van der Waals surface area contributed by atoms with E-state index in [4.69, 9.17) is 9.47 Å².